The SMILES string of the molecule is C[C@H]1OCC2=C(CCOC2=O)[C@@H]1CO[C@H]1O[C@@H](CO)[C@@H](O)[C@@H](O)[C@H]1O. The summed E-state index contributed by atoms with van der Waals surface area (Å²) in [6, 6.07) is 0. The second-order valence-corrected chi connectivity index (χ2v) is 6.54. The third-order valence-corrected chi connectivity index (χ3v) is 5.03. The molecule has 4 N–H and O–H groups in total. The molecule has 0 unspecified atom stereocenters. The molecule has 0 spiro atoms. The molecule has 25 heavy (non-hydrogen) atoms. The number of aliphatic hydroxyl groups excluding tert-OH is 4. The Bertz CT molecular complexity index is 532. The van der Waals surface area contributed by atoms with Gasteiger partial charge in [0.25, 0.3) is 0 Å². The van der Waals surface area contributed by atoms with E-state index < -0.39 is 37.3 Å². The highest BCUT2D eigenvalue weighted by Crippen LogP contribution is 2.33. The Hall–Kier alpha value is -1.07. The summed E-state index contributed by atoms with van der Waals surface area (Å²) in [5, 5.41) is 38.8. The first-order chi connectivity index (χ1) is 11.9. The summed E-state index contributed by atoms with van der Waals surface area (Å²) in [5.74, 6) is -0.602. The van der Waals surface area contributed by atoms with E-state index in [0.29, 0.717) is 18.6 Å². The van der Waals surface area contributed by atoms with Gasteiger partial charge >= 0.3 is 5.97 Å². The lowest BCUT2D eigenvalue weighted by Gasteiger charge is -2.41. The van der Waals surface area contributed by atoms with Crippen molar-refractivity contribution in [3.8, 4) is 0 Å². The van der Waals surface area contributed by atoms with Crippen LogP contribution in [0.15, 0.2) is 11.1 Å². The average Bonchev–Trinajstić information content (AvgIpc) is 2.60. The summed E-state index contributed by atoms with van der Waals surface area (Å²) >= 11 is 0. The van der Waals surface area contributed by atoms with Crippen LogP contribution in [0.5, 0.6) is 0 Å². The number of aliphatic hydroxyl groups is 4. The average molecular weight is 360 g/mol. The number of cyclic esters (lactones) is 1. The minimum atomic E-state index is -1.49. The number of carbonyl (C=O) groups excluding carboxylic acids is 1. The Labute approximate surface area is 144 Å². The zero-order chi connectivity index (χ0) is 18.1. The highest BCUT2D eigenvalue weighted by molar-refractivity contribution is 5.90. The maximum atomic E-state index is 11.8. The zero-order valence-electron chi connectivity index (χ0n) is 13.9. The zero-order valence-corrected chi connectivity index (χ0v) is 13.9. The van der Waals surface area contributed by atoms with E-state index in [9.17, 15) is 25.2 Å². The first kappa shape index (κ1) is 18.7. The van der Waals surface area contributed by atoms with E-state index in [1.54, 1.807) is 0 Å². The van der Waals surface area contributed by atoms with Gasteiger partial charge in [0.05, 0.1) is 38.1 Å². The van der Waals surface area contributed by atoms with E-state index >= 15 is 0 Å². The van der Waals surface area contributed by atoms with Crippen molar-refractivity contribution in [1.82, 2.24) is 0 Å². The summed E-state index contributed by atoms with van der Waals surface area (Å²) < 4.78 is 21.6. The second kappa shape index (κ2) is 7.67. The molecule has 0 aromatic rings. The molecule has 0 aliphatic carbocycles. The van der Waals surface area contributed by atoms with Crippen LogP contribution in [0.1, 0.15) is 13.3 Å². The highest BCUT2D eigenvalue weighted by Gasteiger charge is 2.45. The summed E-state index contributed by atoms with van der Waals surface area (Å²) in [7, 11) is 0. The smallest absolute Gasteiger partial charge is 0.336 e. The summed E-state index contributed by atoms with van der Waals surface area (Å²) in [5.41, 5.74) is 1.42. The van der Waals surface area contributed by atoms with Crippen molar-refractivity contribution in [2.24, 2.45) is 5.92 Å². The molecule has 3 heterocycles. The van der Waals surface area contributed by atoms with Gasteiger partial charge in [0, 0.05) is 12.3 Å². The van der Waals surface area contributed by atoms with Gasteiger partial charge in [-0.25, -0.2) is 4.79 Å². The van der Waals surface area contributed by atoms with Crippen molar-refractivity contribution in [2.75, 3.05) is 26.4 Å². The maximum absolute atomic E-state index is 11.8. The van der Waals surface area contributed by atoms with Crippen LogP contribution in [0.4, 0.5) is 0 Å². The minimum Gasteiger partial charge on any atom is -0.462 e. The molecule has 0 aromatic heterocycles. The fourth-order valence-electron chi connectivity index (χ4n) is 3.44. The molecule has 1 fully saturated rings. The Balaban J connectivity index is 1.69. The van der Waals surface area contributed by atoms with Crippen LogP contribution in [0.3, 0.4) is 0 Å². The number of hydrogen-bond donors (Lipinski definition) is 4. The summed E-state index contributed by atoms with van der Waals surface area (Å²) in [4.78, 5) is 11.8. The molecule has 0 bridgehead atoms. The van der Waals surface area contributed by atoms with E-state index in [1.807, 2.05) is 6.92 Å². The van der Waals surface area contributed by atoms with Crippen molar-refractivity contribution in [2.45, 2.75) is 50.2 Å². The minimum absolute atomic E-state index is 0.0932. The molecule has 9 heteroatoms. The van der Waals surface area contributed by atoms with Crippen molar-refractivity contribution < 1.29 is 44.2 Å². The van der Waals surface area contributed by atoms with Gasteiger partial charge in [0.1, 0.15) is 24.4 Å². The van der Waals surface area contributed by atoms with Crippen molar-refractivity contribution in [3.63, 3.8) is 0 Å². The Morgan fingerprint density at radius 2 is 1.96 bits per heavy atom. The molecule has 0 saturated carbocycles. The highest BCUT2D eigenvalue weighted by atomic mass is 16.7. The predicted molar refractivity (Wildman–Crippen MR) is 81.2 cm³/mol. The van der Waals surface area contributed by atoms with E-state index in [4.69, 9.17) is 18.9 Å². The van der Waals surface area contributed by atoms with Gasteiger partial charge in [0.2, 0.25) is 0 Å². The van der Waals surface area contributed by atoms with Crippen LogP contribution < -0.4 is 0 Å². The number of esters is 1. The first-order valence-electron chi connectivity index (χ1n) is 8.36. The Morgan fingerprint density at radius 3 is 2.68 bits per heavy atom. The molecule has 1 saturated heterocycles. The quantitative estimate of drug-likeness (QED) is 0.423. The molecule has 0 radical (unpaired) electrons. The van der Waals surface area contributed by atoms with E-state index in [1.165, 1.54) is 0 Å². The van der Waals surface area contributed by atoms with Crippen molar-refractivity contribution >= 4 is 5.97 Å². The Morgan fingerprint density at radius 1 is 1.20 bits per heavy atom. The molecule has 0 aromatic carbocycles. The van der Waals surface area contributed by atoms with Gasteiger partial charge in [-0.3, -0.25) is 0 Å². The molecule has 9 nitrogen and oxygen atoms in total. The number of rotatable bonds is 4. The number of carbonyl (C=O) groups is 1. The van der Waals surface area contributed by atoms with Gasteiger partial charge in [0.15, 0.2) is 6.29 Å². The fraction of sp³-hybridized carbons (Fsp3) is 0.812. The van der Waals surface area contributed by atoms with Crippen LogP contribution in [0.25, 0.3) is 0 Å². The molecule has 3 aliphatic heterocycles. The van der Waals surface area contributed by atoms with Gasteiger partial charge in [-0.1, -0.05) is 0 Å². The third kappa shape index (κ3) is 3.59. The molecule has 142 valence electrons. The lowest BCUT2D eigenvalue weighted by atomic mass is 9.85. The molecular weight excluding hydrogens is 336 g/mol. The number of ether oxygens (including phenoxy) is 4. The monoisotopic (exact) mass is 360 g/mol. The second-order valence-electron chi connectivity index (χ2n) is 6.54. The van der Waals surface area contributed by atoms with Gasteiger partial charge < -0.3 is 39.4 Å². The molecule has 3 rings (SSSR count). The van der Waals surface area contributed by atoms with Gasteiger partial charge in [-0.05, 0) is 12.5 Å². The lowest BCUT2D eigenvalue weighted by Crippen LogP contribution is -2.59. The normalized spacial score (nSPS) is 42.1. The largest absolute Gasteiger partial charge is 0.462 e. The predicted octanol–water partition coefficient (Wildman–Crippen LogP) is -1.92. The summed E-state index contributed by atoms with van der Waals surface area (Å²) in [6.45, 7) is 1.95. The molecule has 0 amide bonds. The van der Waals surface area contributed by atoms with Crippen LogP contribution in [-0.4, -0.2) is 89.6 Å². The van der Waals surface area contributed by atoms with E-state index in [2.05, 4.69) is 0 Å². The summed E-state index contributed by atoms with van der Waals surface area (Å²) in [6.07, 6.45) is -6.21. The van der Waals surface area contributed by atoms with Crippen LogP contribution in [0, 0.1) is 5.92 Å². The topological polar surface area (TPSA) is 135 Å². The third-order valence-electron chi connectivity index (χ3n) is 5.03. The van der Waals surface area contributed by atoms with Crippen molar-refractivity contribution in [1.29, 1.82) is 0 Å². The lowest BCUT2D eigenvalue weighted by molar-refractivity contribution is -0.304. The molecular formula is C16H24O9. The standard InChI is InChI=1S/C16H24O9/c1-7-9(8-2-3-22-15(21)10(8)6-23-7)5-24-16-14(20)13(19)12(18)11(4-17)25-16/h7,9,11-14,16-20H,2-6H2,1H3/t7-,9-,11+,12-,13-,14-,16+/m1/s1. The molecule has 3 aliphatic rings. The van der Waals surface area contributed by atoms with Crippen LogP contribution in [0.2, 0.25) is 0 Å². The van der Waals surface area contributed by atoms with Crippen molar-refractivity contribution in [3.05, 3.63) is 11.1 Å². The fourth-order valence-corrected chi connectivity index (χ4v) is 3.44. The maximum Gasteiger partial charge on any atom is 0.336 e. The van der Waals surface area contributed by atoms with Gasteiger partial charge in [-0.2, -0.15) is 0 Å². The van der Waals surface area contributed by atoms with Crippen LogP contribution in [-0.2, 0) is 23.7 Å². The number of hydrogen-bond acceptors (Lipinski definition) is 9. The van der Waals surface area contributed by atoms with Gasteiger partial charge in [-0.15, -0.1) is 0 Å². The van der Waals surface area contributed by atoms with E-state index in [-0.39, 0.29) is 31.2 Å². The van der Waals surface area contributed by atoms with E-state index in [0.717, 1.165) is 5.57 Å². The molecule has 7 atom stereocenters. The van der Waals surface area contributed by atoms with Crippen LogP contribution >= 0.6 is 0 Å². The first-order valence-corrected chi connectivity index (χ1v) is 8.36. The Kier molecular flexibility index (Phi) is 5.74.